The van der Waals surface area contributed by atoms with Gasteiger partial charge in [-0.2, -0.15) is 4.99 Å². The highest BCUT2D eigenvalue weighted by molar-refractivity contribution is 6.05. The zero-order chi connectivity index (χ0) is 23.8. The number of carbonyl (C=O) groups excluding carboxylic acids is 1. The number of nitrogens with one attached hydrogen (secondary N) is 2. The molecule has 0 spiro atoms. The number of guanidine groups is 1. The topological polar surface area (TPSA) is 107 Å². The molecule has 1 amide bonds. The van der Waals surface area contributed by atoms with Crippen LogP contribution < -0.4 is 24.8 Å². The first-order valence-corrected chi connectivity index (χ1v) is 10.2. The van der Waals surface area contributed by atoms with Crippen molar-refractivity contribution in [2.45, 2.75) is 20.3 Å². The van der Waals surface area contributed by atoms with E-state index >= 15 is 0 Å². The number of carbonyl (C=O) groups is 1. The molecule has 2 N–H and O–H groups in total. The molecule has 0 saturated carbocycles. The Morgan fingerprint density at radius 2 is 1.55 bits per heavy atom. The average molecular weight is 450 g/mol. The largest absolute Gasteiger partial charge is 0.497 e. The summed E-state index contributed by atoms with van der Waals surface area (Å²) in [6, 6.07) is 14.4. The third-order valence-corrected chi connectivity index (χ3v) is 4.61. The van der Waals surface area contributed by atoms with Crippen LogP contribution in [0.5, 0.6) is 17.2 Å². The quantitative estimate of drug-likeness (QED) is 0.419. The van der Waals surface area contributed by atoms with Gasteiger partial charge in [-0.3, -0.25) is 10.1 Å². The molecule has 0 aliphatic heterocycles. The van der Waals surface area contributed by atoms with E-state index in [9.17, 15) is 4.79 Å². The first-order chi connectivity index (χ1) is 15.9. The highest BCUT2D eigenvalue weighted by atomic mass is 16.5. The van der Waals surface area contributed by atoms with Crippen molar-refractivity contribution < 1.29 is 19.0 Å². The van der Waals surface area contributed by atoms with Gasteiger partial charge in [0.25, 0.3) is 5.95 Å². The summed E-state index contributed by atoms with van der Waals surface area (Å²) in [7, 11) is 4.71. The Kier molecular flexibility index (Phi) is 7.80. The molecular formula is C24H27N5O4. The highest BCUT2D eigenvalue weighted by Gasteiger charge is 2.12. The number of aryl methyl sites for hydroxylation is 2. The summed E-state index contributed by atoms with van der Waals surface area (Å²) in [5.74, 6) is 2.04. The lowest BCUT2D eigenvalue weighted by Crippen LogP contribution is -2.36. The summed E-state index contributed by atoms with van der Waals surface area (Å²) in [6.07, 6.45) is 0.109. The minimum Gasteiger partial charge on any atom is -0.497 e. The molecule has 0 bridgehead atoms. The molecule has 3 rings (SSSR count). The van der Waals surface area contributed by atoms with Gasteiger partial charge < -0.3 is 19.5 Å². The second kappa shape index (κ2) is 10.9. The molecule has 33 heavy (non-hydrogen) atoms. The van der Waals surface area contributed by atoms with Gasteiger partial charge in [-0.05, 0) is 61.9 Å². The lowest BCUT2D eigenvalue weighted by Gasteiger charge is -2.13. The maximum Gasteiger partial charge on any atom is 0.253 e. The first-order valence-electron chi connectivity index (χ1n) is 10.2. The van der Waals surface area contributed by atoms with Crippen molar-refractivity contribution >= 4 is 23.5 Å². The van der Waals surface area contributed by atoms with Crippen molar-refractivity contribution in [2.24, 2.45) is 4.99 Å². The van der Waals surface area contributed by atoms with Crippen LogP contribution in [0.15, 0.2) is 53.5 Å². The normalized spacial score (nSPS) is 11.0. The highest BCUT2D eigenvalue weighted by Crippen LogP contribution is 2.27. The van der Waals surface area contributed by atoms with Crippen molar-refractivity contribution in [3.05, 3.63) is 65.5 Å². The Labute approximate surface area is 192 Å². The third kappa shape index (κ3) is 6.67. The van der Waals surface area contributed by atoms with Crippen LogP contribution >= 0.6 is 0 Å². The van der Waals surface area contributed by atoms with Gasteiger partial charge in [0.05, 0.1) is 27.8 Å². The van der Waals surface area contributed by atoms with Crippen LogP contribution in [-0.2, 0) is 11.2 Å². The molecule has 0 aliphatic rings. The van der Waals surface area contributed by atoms with Crippen LogP contribution in [-0.4, -0.2) is 43.2 Å². The molecule has 0 radical (unpaired) electrons. The van der Waals surface area contributed by atoms with E-state index in [2.05, 4.69) is 25.6 Å². The molecule has 1 heterocycles. The summed E-state index contributed by atoms with van der Waals surface area (Å²) in [4.78, 5) is 25.9. The van der Waals surface area contributed by atoms with Crippen LogP contribution in [0.2, 0.25) is 0 Å². The van der Waals surface area contributed by atoms with Crippen LogP contribution in [0.1, 0.15) is 17.0 Å². The number of rotatable bonds is 7. The Balaban J connectivity index is 1.83. The molecule has 0 saturated heterocycles. The van der Waals surface area contributed by atoms with Crippen molar-refractivity contribution in [3.63, 3.8) is 0 Å². The first kappa shape index (κ1) is 23.5. The number of methoxy groups -OCH3 is 3. The summed E-state index contributed by atoms with van der Waals surface area (Å²) in [6.45, 7) is 3.72. The second-order valence-corrected chi connectivity index (χ2v) is 7.18. The molecule has 2 aromatic carbocycles. The minimum atomic E-state index is -0.272. The Morgan fingerprint density at radius 1 is 0.879 bits per heavy atom. The van der Waals surface area contributed by atoms with E-state index in [0.29, 0.717) is 22.9 Å². The van der Waals surface area contributed by atoms with Crippen molar-refractivity contribution in [1.29, 1.82) is 0 Å². The molecule has 9 heteroatoms. The lowest BCUT2D eigenvalue weighted by atomic mass is 10.1. The van der Waals surface area contributed by atoms with Crippen molar-refractivity contribution in [3.8, 4) is 17.2 Å². The molecule has 0 unspecified atom stereocenters. The van der Waals surface area contributed by atoms with E-state index in [4.69, 9.17) is 14.2 Å². The van der Waals surface area contributed by atoms with Crippen LogP contribution in [0, 0.1) is 13.8 Å². The number of nitrogens with zero attached hydrogens (tertiary/aromatic N) is 3. The van der Waals surface area contributed by atoms with E-state index < -0.39 is 0 Å². The number of aliphatic imine (C=N–C) groups is 1. The van der Waals surface area contributed by atoms with Gasteiger partial charge in [-0.15, -0.1) is 0 Å². The Bertz CT molecular complexity index is 1130. The predicted octanol–water partition coefficient (Wildman–Crippen LogP) is 3.58. The molecule has 3 aromatic rings. The smallest absolute Gasteiger partial charge is 0.253 e. The van der Waals surface area contributed by atoms with Gasteiger partial charge in [0.1, 0.15) is 5.75 Å². The number of hydrogen-bond acceptors (Lipinski definition) is 7. The lowest BCUT2D eigenvalue weighted by molar-refractivity contribution is -0.119. The van der Waals surface area contributed by atoms with E-state index in [1.165, 1.54) is 0 Å². The minimum absolute atomic E-state index is 0.109. The van der Waals surface area contributed by atoms with Gasteiger partial charge in [-0.1, -0.05) is 6.07 Å². The van der Waals surface area contributed by atoms with Crippen LogP contribution in [0.4, 0.5) is 11.6 Å². The molecule has 9 nitrogen and oxygen atoms in total. The van der Waals surface area contributed by atoms with Crippen LogP contribution in [0.3, 0.4) is 0 Å². The van der Waals surface area contributed by atoms with E-state index in [1.54, 1.807) is 45.6 Å². The number of ether oxygens (including phenoxy) is 3. The van der Waals surface area contributed by atoms with Crippen molar-refractivity contribution in [1.82, 2.24) is 15.3 Å². The summed E-state index contributed by atoms with van der Waals surface area (Å²) < 4.78 is 15.8. The maximum absolute atomic E-state index is 12.8. The molecule has 0 fully saturated rings. The summed E-state index contributed by atoms with van der Waals surface area (Å²) in [5.41, 5.74) is 3.03. The molecule has 1 aromatic heterocycles. The Hall–Kier alpha value is -4.14. The zero-order valence-electron chi connectivity index (χ0n) is 19.3. The number of benzene rings is 2. The maximum atomic E-state index is 12.8. The zero-order valence-corrected chi connectivity index (χ0v) is 19.3. The SMILES string of the molecule is COc1ccc(N/C(=N\c2nc(C)cc(C)n2)NC(=O)Cc2ccc(OC)c(OC)c2)cc1. The third-order valence-electron chi connectivity index (χ3n) is 4.61. The number of amides is 1. The molecule has 172 valence electrons. The number of aromatic nitrogens is 2. The van der Waals surface area contributed by atoms with Crippen molar-refractivity contribution in [2.75, 3.05) is 26.6 Å². The van der Waals surface area contributed by atoms with Gasteiger partial charge in [0.15, 0.2) is 11.5 Å². The average Bonchev–Trinajstić information content (AvgIpc) is 2.78. The predicted molar refractivity (Wildman–Crippen MR) is 127 cm³/mol. The fourth-order valence-electron chi connectivity index (χ4n) is 3.11. The van der Waals surface area contributed by atoms with Crippen LogP contribution in [0.25, 0.3) is 0 Å². The fraction of sp³-hybridized carbons (Fsp3) is 0.250. The number of hydrogen-bond donors (Lipinski definition) is 2. The van der Waals surface area contributed by atoms with Gasteiger partial charge in [0, 0.05) is 17.1 Å². The monoisotopic (exact) mass is 449 g/mol. The Morgan fingerprint density at radius 3 is 2.15 bits per heavy atom. The van der Waals surface area contributed by atoms with Gasteiger partial charge in [-0.25, -0.2) is 9.97 Å². The fourth-order valence-corrected chi connectivity index (χ4v) is 3.11. The van der Waals surface area contributed by atoms with Gasteiger partial charge in [0.2, 0.25) is 11.9 Å². The van der Waals surface area contributed by atoms with E-state index in [0.717, 1.165) is 17.0 Å². The summed E-state index contributed by atoms with van der Waals surface area (Å²) >= 11 is 0. The number of anilines is 1. The second-order valence-electron chi connectivity index (χ2n) is 7.18. The molecule has 0 atom stereocenters. The van der Waals surface area contributed by atoms with E-state index in [1.807, 2.05) is 38.1 Å². The standard InChI is InChI=1S/C24H27N5O4/c1-15-12-16(2)26-23(25-15)29-24(27-18-7-9-19(31-3)10-8-18)28-22(30)14-17-6-11-20(32-4)21(13-17)33-5/h6-13H,14H2,1-5H3,(H2,25,26,27,28,29,30). The summed E-state index contributed by atoms with van der Waals surface area (Å²) in [5, 5.41) is 5.93. The van der Waals surface area contributed by atoms with Gasteiger partial charge >= 0.3 is 0 Å². The molecule has 0 aliphatic carbocycles. The molecular weight excluding hydrogens is 422 g/mol. The van der Waals surface area contributed by atoms with E-state index in [-0.39, 0.29) is 24.2 Å².